The van der Waals surface area contributed by atoms with Crippen molar-refractivity contribution in [2.24, 2.45) is 4.99 Å². The van der Waals surface area contributed by atoms with Crippen molar-refractivity contribution in [3.8, 4) is 11.5 Å². The first-order valence-electron chi connectivity index (χ1n) is 8.74. The number of benzene rings is 1. The lowest BCUT2D eigenvalue weighted by Gasteiger charge is -2.19. The molecule has 0 heterocycles. The summed E-state index contributed by atoms with van der Waals surface area (Å²) in [6.45, 7) is 7.79. The molecule has 0 amide bonds. The Hall–Kier alpha value is -2.17. The predicted octanol–water partition coefficient (Wildman–Crippen LogP) is 3.26. The molecule has 5 nitrogen and oxygen atoms in total. The number of guanidine groups is 1. The normalized spacial score (nSPS) is 15.2. The summed E-state index contributed by atoms with van der Waals surface area (Å²) in [4.78, 5) is 4.64. The Labute approximate surface area is 145 Å². The summed E-state index contributed by atoms with van der Waals surface area (Å²) >= 11 is 0. The number of hydrogen-bond acceptors (Lipinski definition) is 3. The van der Waals surface area contributed by atoms with E-state index in [0.717, 1.165) is 42.4 Å². The lowest BCUT2D eigenvalue weighted by atomic mass is 10.1. The predicted molar refractivity (Wildman–Crippen MR) is 98.9 cm³/mol. The smallest absolute Gasteiger partial charge is 0.191 e. The zero-order valence-electron chi connectivity index (χ0n) is 14.8. The minimum Gasteiger partial charge on any atom is -0.493 e. The van der Waals surface area contributed by atoms with Crippen LogP contribution in [-0.2, 0) is 6.54 Å². The molecular weight excluding hydrogens is 302 g/mol. The number of aliphatic imine (C=N–C) groups is 1. The van der Waals surface area contributed by atoms with Crippen LogP contribution in [0.3, 0.4) is 0 Å². The highest BCUT2D eigenvalue weighted by molar-refractivity contribution is 5.79. The molecule has 0 atom stereocenters. The van der Waals surface area contributed by atoms with Crippen molar-refractivity contribution in [2.45, 2.75) is 45.3 Å². The van der Waals surface area contributed by atoms with Crippen LogP contribution in [0.2, 0.25) is 0 Å². The molecule has 0 unspecified atom stereocenters. The van der Waals surface area contributed by atoms with E-state index < -0.39 is 0 Å². The van der Waals surface area contributed by atoms with E-state index in [-0.39, 0.29) is 6.10 Å². The third-order valence-corrected chi connectivity index (χ3v) is 4.03. The molecule has 0 radical (unpaired) electrons. The van der Waals surface area contributed by atoms with Crippen molar-refractivity contribution in [3.05, 3.63) is 36.4 Å². The van der Waals surface area contributed by atoms with Gasteiger partial charge >= 0.3 is 0 Å². The van der Waals surface area contributed by atoms with Crippen molar-refractivity contribution < 1.29 is 9.47 Å². The fourth-order valence-corrected chi connectivity index (χ4v) is 2.83. The van der Waals surface area contributed by atoms with Crippen LogP contribution in [0.5, 0.6) is 11.5 Å². The average Bonchev–Trinajstić information content (AvgIpc) is 3.11. The third kappa shape index (κ3) is 5.18. The first-order valence-corrected chi connectivity index (χ1v) is 8.74. The number of nitrogens with one attached hydrogen (secondary N) is 2. The summed E-state index contributed by atoms with van der Waals surface area (Å²) in [5, 5.41) is 6.44. The van der Waals surface area contributed by atoms with Gasteiger partial charge in [-0.25, -0.2) is 4.99 Å². The fraction of sp³-hybridized carbons (Fsp3) is 0.526. The second-order valence-electron chi connectivity index (χ2n) is 5.84. The summed E-state index contributed by atoms with van der Waals surface area (Å²) in [5.41, 5.74) is 1.04. The maximum atomic E-state index is 6.25. The van der Waals surface area contributed by atoms with Crippen LogP contribution in [0.15, 0.2) is 35.8 Å². The highest BCUT2D eigenvalue weighted by Gasteiger charge is 2.20. The molecule has 0 spiro atoms. The summed E-state index contributed by atoms with van der Waals surface area (Å²) < 4.78 is 11.7. The minimum atomic E-state index is 0.288. The van der Waals surface area contributed by atoms with Gasteiger partial charge in [0.15, 0.2) is 17.5 Å². The van der Waals surface area contributed by atoms with E-state index in [1.54, 1.807) is 7.11 Å². The van der Waals surface area contributed by atoms with E-state index >= 15 is 0 Å². The number of ether oxygens (including phenoxy) is 2. The number of hydrogen-bond donors (Lipinski definition) is 2. The Morgan fingerprint density at radius 3 is 2.79 bits per heavy atom. The van der Waals surface area contributed by atoms with Crippen molar-refractivity contribution in [3.63, 3.8) is 0 Å². The van der Waals surface area contributed by atoms with Gasteiger partial charge in [-0.1, -0.05) is 18.2 Å². The quantitative estimate of drug-likeness (QED) is 0.436. The van der Waals surface area contributed by atoms with E-state index in [9.17, 15) is 0 Å². The van der Waals surface area contributed by atoms with Gasteiger partial charge in [-0.15, -0.1) is 6.58 Å². The van der Waals surface area contributed by atoms with Crippen LogP contribution < -0.4 is 20.1 Å². The molecule has 1 aromatic rings. The topological polar surface area (TPSA) is 54.9 Å². The van der Waals surface area contributed by atoms with Crippen molar-refractivity contribution in [1.29, 1.82) is 0 Å². The zero-order valence-corrected chi connectivity index (χ0v) is 14.8. The molecule has 2 rings (SSSR count). The minimum absolute atomic E-state index is 0.288. The molecule has 0 saturated heterocycles. The number of nitrogens with zero attached hydrogens (tertiary/aromatic N) is 1. The molecule has 5 heteroatoms. The van der Waals surface area contributed by atoms with Gasteiger partial charge in [0.05, 0.1) is 19.8 Å². The molecule has 1 aliphatic rings. The van der Waals surface area contributed by atoms with E-state index in [2.05, 4.69) is 22.2 Å². The third-order valence-electron chi connectivity index (χ3n) is 4.03. The van der Waals surface area contributed by atoms with E-state index in [4.69, 9.17) is 9.47 Å². The maximum absolute atomic E-state index is 6.25. The molecule has 0 aromatic heterocycles. The van der Waals surface area contributed by atoms with Crippen LogP contribution in [0.4, 0.5) is 0 Å². The molecule has 1 saturated carbocycles. The van der Waals surface area contributed by atoms with Gasteiger partial charge < -0.3 is 20.1 Å². The largest absolute Gasteiger partial charge is 0.493 e. The van der Waals surface area contributed by atoms with Gasteiger partial charge in [0, 0.05) is 18.7 Å². The Morgan fingerprint density at radius 2 is 2.12 bits per heavy atom. The van der Waals surface area contributed by atoms with Crippen LogP contribution >= 0.6 is 0 Å². The lowest BCUT2D eigenvalue weighted by molar-refractivity contribution is 0.198. The van der Waals surface area contributed by atoms with E-state index in [1.165, 1.54) is 12.8 Å². The molecule has 132 valence electrons. The molecule has 0 aliphatic heterocycles. The highest BCUT2D eigenvalue weighted by atomic mass is 16.5. The summed E-state index contributed by atoms with van der Waals surface area (Å²) in [6.07, 6.45) is 6.81. The van der Waals surface area contributed by atoms with Gasteiger partial charge in [0.25, 0.3) is 0 Å². The lowest BCUT2D eigenvalue weighted by Crippen LogP contribution is -2.37. The van der Waals surface area contributed by atoms with Crippen LogP contribution in [0.1, 0.15) is 38.2 Å². The standard InChI is InChI=1S/C19H29N3O2/c1-4-13-21-19(20-5-2)22-14-15-9-8-12-17(23-3)18(15)24-16-10-6-7-11-16/h4,8-9,12,16H,1,5-7,10-11,13-14H2,2-3H3,(H2,20,21,22). The number of para-hydroxylation sites is 1. The van der Waals surface area contributed by atoms with Crippen molar-refractivity contribution in [1.82, 2.24) is 10.6 Å². The number of rotatable bonds is 8. The van der Waals surface area contributed by atoms with E-state index in [0.29, 0.717) is 13.1 Å². The van der Waals surface area contributed by atoms with Crippen LogP contribution in [0.25, 0.3) is 0 Å². The average molecular weight is 331 g/mol. The van der Waals surface area contributed by atoms with Gasteiger partial charge in [-0.2, -0.15) is 0 Å². The fourth-order valence-electron chi connectivity index (χ4n) is 2.83. The van der Waals surface area contributed by atoms with Gasteiger partial charge in [0.1, 0.15) is 0 Å². The van der Waals surface area contributed by atoms with E-state index in [1.807, 2.05) is 31.2 Å². The monoisotopic (exact) mass is 331 g/mol. The molecule has 2 N–H and O–H groups in total. The second kappa shape index (κ2) is 9.85. The molecule has 1 aromatic carbocycles. The van der Waals surface area contributed by atoms with Crippen LogP contribution in [0, 0.1) is 0 Å². The molecule has 1 aliphatic carbocycles. The van der Waals surface area contributed by atoms with Crippen molar-refractivity contribution in [2.75, 3.05) is 20.2 Å². The van der Waals surface area contributed by atoms with Gasteiger partial charge in [-0.3, -0.25) is 0 Å². The molecule has 24 heavy (non-hydrogen) atoms. The summed E-state index contributed by atoms with van der Waals surface area (Å²) in [6, 6.07) is 5.97. The number of methoxy groups -OCH3 is 1. The van der Waals surface area contributed by atoms with Crippen LogP contribution in [-0.4, -0.2) is 32.3 Å². The molecular formula is C19H29N3O2. The van der Waals surface area contributed by atoms with Gasteiger partial charge in [-0.05, 0) is 38.7 Å². The maximum Gasteiger partial charge on any atom is 0.191 e. The first-order chi connectivity index (χ1) is 11.8. The second-order valence-corrected chi connectivity index (χ2v) is 5.84. The Morgan fingerprint density at radius 1 is 1.33 bits per heavy atom. The molecule has 0 bridgehead atoms. The Bertz CT molecular complexity index is 552. The Kier molecular flexibility index (Phi) is 7.46. The summed E-state index contributed by atoms with van der Waals surface area (Å²) in [7, 11) is 1.68. The SMILES string of the molecule is C=CCNC(=NCc1cccc(OC)c1OC1CCCC1)NCC. The van der Waals surface area contributed by atoms with Crippen molar-refractivity contribution >= 4 is 5.96 Å². The molecule has 1 fully saturated rings. The first kappa shape index (κ1) is 18.2. The zero-order chi connectivity index (χ0) is 17.2. The Balaban J connectivity index is 2.16. The van der Waals surface area contributed by atoms with Gasteiger partial charge in [0.2, 0.25) is 0 Å². The summed E-state index contributed by atoms with van der Waals surface area (Å²) in [5.74, 6) is 2.38. The highest BCUT2D eigenvalue weighted by Crippen LogP contribution is 2.35.